The molecular weight excluding hydrogens is 313 g/mol. The van der Waals surface area contributed by atoms with Gasteiger partial charge in [0.25, 0.3) is 5.91 Å². The number of carbonyl (C=O) groups is 2. The second kappa shape index (κ2) is 6.76. The van der Waals surface area contributed by atoms with Crippen LogP contribution in [0.1, 0.15) is 32.5 Å². The van der Waals surface area contributed by atoms with Crippen molar-refractivity contribution >= 4 is 11.8 Å². The Labute approximate surface area is 138 Å². The number of benzene rings is 1. The highest BCUT2D eigenvalue weighted by molar-refractivity contribution is 5.94. The Balaban J connectivity index is 1.72. The summed E-state index contributed by atoms with van der Waals surface area (Å²) in [7, 11) is 0. The first-order valence-electron chi connectivity index (χ1n) is 7.47. The van der Waals surface area contributed by atoms with Crippen LogP contribution in [0.3, 0.4) is 0 Å². The molecule has 0 radical (unpaired) electrons. The summed E-state index contributed by atoms with van der Waals surface area (Å²) in [5, 5.41) is 0. The summed E-state index contributed by atoms with van der Waals surface area (Å²) in [5.74, 6) is -1.12. The van der Waals surface area contributed by atoms with Crippen molar-refractivity contribution in [1.29, 1.82) is 0 Å². The van der Waals surface area contributed by atoms with Crippen LogP contribution in [0.5, 0.6) is 0 Å². The van der Waals surface area contributed by atoms with Crippen LogP contribution in [0.15, 0.2) is 42.6 Å². The Kier molecular flexibility index (Phi) is 4.52. The van der Waals surface area contributed by atoms with E-state index in [1.54, 1.807) is 17.0 Å². The fourth-order valence-electron chi connectivity index (χ4n) is 2.53. The van der Waals surface area contributed by atoms with Crippen LogP contribution in [-0.2, 0) is 4.74 Å². The molecule has 7 heteroatoms. The van der Waals surface area contributed by atoms with Crippen LogP contribution in [0.25, 0.3) is 0 Å². The minimum Gasteiger partial charge on any atom is -0.368 e. The lowest BCUT2D eigenvalue weighted by Crippen LogP contribution is -2.42. The van der Waals surface area contributed by atoms with Gasteiger partial charge in [0.15, 0.2) is 0 Å². The van der Waals surface area contributed by atoms with Gasteiger partial charge in [0.05, 0.1) is 24.4 Å². The molecule has 1 atom stereocenters. The minimum absolute atomic E-state index is 0.183. The molecule has 6 nitrogen and oxygen atoms in total. The van der Waals surface area contributed by atoms with Crippen LogP contribution < -0.4 is 5.73 Å². The van der Waals surface area contributed by atoms with Crippen molar-refractivity contribution in [2.45, 2.75) is 6.10 Å². The highest BCUT2D eigenvalue weighted by Crippen LogP contribution is 2.22. The van der Waals surface area contributed by atoms with Crippen LogP contribution >= 0.6 is 0 Å². The molecule has 1 saturated heterocycles. The first-order chi connectivity index (χ1) is 11.5. The number of carbonyl (C=O) groups excluding carboxylic acids is 2. The van der Waals surface area contributed by atoms with Crippen molar-refractivity contribution in [3.05, 3.63) is 65.2 Å². The number of aromatic nitrogens is 1. The molecule has 1 aliphatic heterocycles. The number of ether oxygens (including phenoxy) is 1. The minimum atomic E-state index is -0.549. The Hall–Kier alpha value is -2.80. The van der Waals surface area contributed by atoms with Crippen molar-refractivity contribution in [2.24, 2.45) is 5.73 Å². The highest BCUT2D eigenvalue weighted by atomic mass is 19.1. The van der Waals surface area contributed by atoms with E-state index in [4.69, 9.17) is 10.5 Å². The first kappa shape index (κ1) is 16.1. The standard InChI is InChI=1S/C17H16FN3O3/c18-13-4-1-11(2-5-13)17(23)21-7-8-24-15(10-21)14-6-3-12(9-20-14)16(19)22/h1-6,9,15H,7-8,10H2,(H2,19,22)/t15-/m1/s1. The van der Waals surface area contributed by atoms with Gasteiger partial charge in [-0.3, -0.25) is 14.6 Å². The average molecular weight is 329 g/mol. The van der Waals surface area contributed by atoms with Crippen molar-refractivity contribution < 1.29 is 18.7 Å². The van der Waals surface area contributed by atoms with Crippen LogP contribution in [-0.4, -0.2) is 41.4 Å². The number of hydrogen-bond donors (Lipinski definition) is 1. The van der Waals surface area contributed by atoms with E-state index in [0.717, 1.165) is 0 Å². The van der Waals surface area contributed by atoms with E-state index in [-0.39, 0.29) is 17.8 Å². The molecule has 2 N–H and O–H groups in total. The molecule has 2 amide bonds. The number of nitrogens with zero attached hydrogens (tertiary/aromatic N) is 2. The topological polar surface area (TPSA) is 85.5 Å². The Morgan fingerprint density at radius 2 is 1.88 bits per heavy atom. The molecule has 0 bridgehead atoms. The number of amides is 2. The summed E-state index contributed by atoms with van der Waals surface area (Å²) in [4.78, 5) is 29.4. The lowest BCUT2D eigenvalue weighted by Gasteiger charge is -2.32. The van der Waals surface area contributed by atoms with Crippen molar-refractivity contribution in [3.8, 4) is 0 Å². The average Bonchev–Trinajstić information content (AvgIpc) is 2.62. The van der Waals surface area contributed by atoms with E-state index >= 15 is 0 Å². The van der Waals surface area contributed by atoms with E-state index < -0.39 is 5.91 Å². The second-order valence-electron chi connectivity index (χ2n) is 5.45. The molecule has 1 aromatic heterocycles. The zero-order chi connectivity index (χ0) is 17.1. The van der Waals surface area contributed by atoms with Crippen molar-refractivity contribution in [1.82, 2.24) is 9.88 Å². The summed E-state index contributed by atoms with van der Waals surface area (Å²) >= 11 is 0. The maximum Gasteiger partial charge on any atom is 0.254 e. The Morgan fingerprint density at radius 3 is 2.50 bits per heavy atom. The first-order valence-corrected chi connectivity index (χ1v) is 7.47. The number of morpholine rings is 1. The lowest BCUT2D eigenvalue weighted by molar-refractivity contribution is -0.0247. The van der Waals surface area contributed by atoms with Gasteiger partial charge in [-0.2, -0.15) is 0 Å². The normalized spacial score (nSPS) is 17.5. The third-order valence-electron chi connectivity index (χ3n) is 3.85. The van der Waals surface area contributed by atoms with Gasteiger partial charge in [0.2, 0.25) is 5.91 Å². The van der Waals surface area contributed by atoms with Gasteiger partial charge in [0.1, 0.15) is 11.9 Å². The zero-order valence-electron chi connectivity index (χ0n) is 12.8. The maximum absolute atomic E-state index is 13.0. The zero-order valence-corrected chi connectivity index (χ0v) is 12.8. The molecule has 0 saturated carbocycles. The second-order valence-corrected chi connectivity index (χ2v) is 5.45. The van der Waals surface area contributed by atoms with Gasteiger partial charge in [0, 0.05) is 18.3 Å². The summed E-state index contributed by atoms with van der Waals surface area (Å²) in [5.41, 5.74) is 6.55. The van der Waals surface area contributed by atoms with E-state index in [0.29, 0.717) is 36.5 Å². The maximum atomic E-state index is 13.0. The number of halogens is 1. The molecule has 1 aliphatic rings. The summed E-state index contributed by atoms with van der Waals surface area (Å²) in [6.07, 6.45) is 1.01. The highest BCUT2D eigenvalue weighted by Gasteiger charge is 2.27. The van der Waals surface area contributed by atoms with E-state index in [1.807, 2.05) is 0 Å². The van der Waals surface area contributed by atoms with Crippen molar-refractivity contribution in [3.63, 3.8) is 0 Å². The fraction of sp³-hybridized carbons (Fsp3) is 0.235. The van der Waals surface area contributed by atoms with E-state index in [9.17, 15) is 14.0 Å². The third-order valence-corrected chi connectivity index (χ3v) is 3.85. The molecule has 1 aromatic carbocycles. The Bertz CT molecular complexity index is 747. The summed E-state index contributed by atoms with van der Waals surface area (Å²) in [6, 6.07) is 8.68. The van der Waals surface area contributed by atoms with Gasteiger partial charge in [-0.1, -0.05) is 0 Å². The van der Waals surface area contributed by atoms with Crippen LogP contribution in [0.2, 0.25) is 0 Å². The molecule has 0 spiro atoms. The quantitative estimate of drug-likeness (QED) is 0.925. The van der Waals surface area contributed by atoms with Crippen LogP contribution in [0, 0.1) is 5.82 Å². The number of hydrogen-bond acceptors (Lipinski definition) is 4. The molecule has 0 unspecified atom stereocenters. The molecule has 2 heterocycles. The molecule has 24 heavy (non-hydrogen) atoms. The monoisotopic (exact) mass is 329 g/mol. The smallest absolute Gasteiger partial charge is 0.254 e. The van der Waals surface area contributed by atoms with Gasteiger partial charge < -0.3 is 15.4 Å². The molecule has 1 fully saturated rings. The lowest BCUT2D eigenvalue weighted by atomic mass is 10.1. The summed E-state index contributed by atoms with van der Waals surface area (Å²) in [6.45, 7) is 1.15. The Morgan fingerprint density at radius 1 is 1.17 bits per heavy atom. The number of primary amides is 1. The predicted octanol–water partition coefficient (Wildman–Crippen LogP) is 1.53. The molecule has 124 valence electrons. The SMILES string of the molecule is NC(=O)c1ccc([C@H]2CN(C(=O)c3ccc(F)cc3)CCO2)nc1. The van der Waals surface area contributed by atoms with Crippen LogP contribution in [0.4, 0.5) is 4.39 Å². The van der Waals surface area contributed by atoms with E-state index in [2.05, 4.69) is 4.98 Å². The molecular formula is C17H16FN3O3. The molecule has 2 aromatic rings. The number of pyridine rings is 1. The van der Waals surface area contributed by atoms with Gasteiger partial charge >= 0.3 is 0 Å². The van der Waals surface area contributed by atoms with Gasteiger partial charge in [-0.05, 0) is 36.4 Å². The number of rotatable bonds is 3. The van der Waals surface area contributed by atoms with Gasteiger partial charge in [-0.15, -0.1) is 0 Å². The largest absolute Gasteiger partial charge is 0.368 e. The molecule has 3 rings (SSSR count). The molecule has 0 aliphatic carbocycles. The fourth-order valence-corrected chi connectivity index (χ4v) is 2.53. The predicted molar refractivity (Wildman–Crippen MR) is 83.8 cm³/mol. The third kappa shape index (κ3) is 3.41. The number of nitrogens with two attached hydrogens (primary N) is 1. The van der Waals surface area contributed by atoms with Gasteiger partial charge in [-0.25, -0.2) is 4.39 Å². The van der Waals surface area contributed by atoms with E-state index in [1.165, 1.54) is 30.5 Å². The van der Waals surface area contributed by atoms with Crippen molar-refractivity contribution in [2.75, 3.05) is 19.7 Å². The summed E-state index contributed by atoms with van der Waals surface area (Å²) < 4.78 is 18.6.